The molecule has 1 atom stereocenters. The summed E-state index contributed by atoms with van der Waals surface area (Å²) >= 11 is 4.65. The van der Waals surface area contributed by atoms with Gasteiger partial charge in [-0.05, 0) is 25.0 Å². The Morgan fingerprint density at radius 1 is 1.24 bits per heavy atom. The van der Waals surface area contributed by atoms with Crippen molar-refractivity contribution in [2.45, 2.75) is 34.7 Å². The first-order chi connectivity index (χ1) is 12.0. The van der Waals surface area contributed by atoms with Gasteiger partial charge < -0.3 is 14.8 Å². The molecule has 0 spiro atoms. The Morgan fingerprint density at radius 3 is 2.80 bits per heavy atom. The topological polar surface area (TPSA) is 73.3 Å². The number of hydrogen-bond donors (Lipinski definition) is 1. The number of ether oxygens (including phenoxy) is 2. The van der Waals surface area contributed by atoms with Gasteiger partial charge in [0.2, 0.25) is 12.7 Å². The van der Waals surface area contributed by atoms with Crippen molar-refractivity contribution in [1.82, 2.24) is 10.2 Å². The molecule has 0 aliphatic carbocycles. The third-order valence-corrected chi connectivity index (χ3v) is 6.88. The number of nitrogens with one attached hydrogen (secondary N) is 1. The summed E-state index contributed by atoms with van der Waals surface area (Å²) in [5.74, 6) is 2.88. The van der Waals surface area contributed by atoms with E-state index in [4.69, 9.17) is 9.47 Å². The molecular formula is C16H19N3O3S3. The normalized spacial score (nSPS) is 13.9. The number of carbonyl (C=O) groups excluding carboxylic acids is 1. The molecule has 1 aliphatic heterocycles. The van der Waals surface area contributed by atoms with Crippen LogP contribution in [0.25, 0.3) is 0 Å². The number of anilines is 1. The molecule has 0 bridgehead atoms. The fourth-order valence-electron chi connectivity index (χ4n) is 1.96. The van der Waals surface area contributed by atoms with Crippen LogP contribution in [0.3, 0.4) is 0 Å². The smallest absolute Gasteiger partial charge is 0.237 e. The summed E-state index contributed by atoms with van der Waals surface area (Å²) in [6.45, 7) is 6.42. The van der Waals surface area contributed by atoms with Crippen LogP contribution < -0.4 is 14.8 Å². The van der Waals surface area contributed by atoms with Gasteiger partial charge in [-0.15, -0.1) is 10.2 Å². The highest BCUT2D eigenvalue weighted by atomic mass is 32.2. The van der Waals surface area contributed by atoms with E-state index in [9.17, 15) is 4.79 Å². The van der Waals surface area contributed by atoms with Crippen molar-refractivity contribution in [3.05, 3.63) is 18.2 Å². The molecule has 3 rings (SSSR count). The van der Waals surface area contributed by atoms with E-state index in [0.717, 1.165) is 14.4 Å². The first kappa shape index (κ1) is 18.3. The number of amides is 1. The quantitative estimate of drug-likeness (QED) is 0.704. The van der Waals surface area contributed by atoms with Gasteiger partial charge in [0, 0.05) is 17.5 Å². The monoisotopic (exact) mass is 397 g/mol. The summed E-state index contributed by atoms with van der Waals surface area (Å²) in [6.07, 6.45) is 0. The van der Waals surface area contributed by atoms with Gasteiger partial charge in [0.25, 0.3) is 0 Å². The molecule has 0 unspecified atom stereocenters. The minimum absolute atomic E-state index is 0.0875. The molecule has 1 aromatic heterocycles. The van der Waals surface area contributed by atoms with Gasteiger partial charge in [-0.25, -0.2) is 0 Å². The van der Waals surface area contributed by atoms with Crippen LogP contribution in [0.2, 0.25) is 0 Å². The number of nitrogens with zero attached hydrogens (tertiary/aromatic N) is 2. The van der Waals surface area contributed by atoms with Crippen LogP contribution >= 0.6 is 34.9 Å². The fraction of sp³-hybridized carbons (Fsp3) is 0.438. The van der Waals surface area contributed by atoms with Crippen molar-refractivity contribution in [2.75, 3.05) is 17.9 Å². The van der Waals surface area contributed by atoms with E-state index < -0.39 is 0 Å². The van der Waals surface area contributed by atoms with Gasteiger partial charge in [0.15, 0.2) is 20.2 Å². The van der Waals surface area contributed by atoms with Crippen LogP contribution in [0.15, 0.2) is 26.9 Å². The van der Waals surface area contributed by atoms with Crippen LogP contribution in [-0.4, -0.2) is 33.9 Å². The lowest BCUT2D eigenvalue weighted by Gasteiger charge is -2.10. The minimum atomic E-state index is -0.277. The predicted molar refractivity (Wildman–Crippen MR) is 102 cm³/mol. The van der Waals surface area contributed by atoms with Gasteiger partial charge in [-0.1, -0.05) is 48.7 Å². The number of benzene rings is 1. The molecule has 2 aromatic rings. The van der Waals surface area contributed by atoms with E-state index >= 15 is 0 Å². The van der Waals surface area contributed by atoms with Crippen molar-refractivity contribution >= 4 is 46.5 Å². The molecule has 134 valence electrons. The molecule has 6 nitrogen and oxygen atoms in total. The number of rotatable bonds is 7. The Hall–Kier alpha value is -1.45. The van der Waals surface area contributed by atoms with E-state index in [-0.39, 0.29) is 18.0 Å². The molecule has 1 N–H and O–H groups in total. The first-order valence-electron chi connectivity index (χ1n) is 7.84. The largest absolute Gasteiger partial charge is 0.454 e. The number of hydrogen-bond acceptors (Lipinski definition) is 8. The highest BCUT2D eigenvalue weighted by molar-refractivity contribution is 8.03. The maximum atomic E-state index is 12.4. The SMILES string of the molecule is CC(C)CSc1nnc(S[C@@H](C)C(=O)Nc2ccc3c(c2)OCO3)s1. The average Bonchev–Trinajstić information content (AvgIpc) is 3.21. The molecule has 0 fully saturated rings. The molecule has 0 saturated carbocycles. The van der Waals surface area contributed by atoms with Crippen LogP contribution in [0.1, 0.15) is 20.8 Å². The second-order valence-corrected chi connectivity index (χ2v) is 9.69. The van der Waals surface area contributed by atoms with Gasteiger partial charge >= 0.3 is 0 Å². The molecule has 25 heavy (non-hydrogen) atoms. The molecule has 0 radical (unpaired) electrons. The summed E-state index contributed by atoms with van der Waals surface area (Å²) in [4.78, 5) is 12.4. The third-order valence-electron chi connectivity index (χ3n) is 3.21. The van der Waals surface area contributed by atoms with Crippen molar-refractivity contribution in [3.63, 3.8) is 0 Å². The number of aromatic nitrogens is 2. The zero-order chi connectivity index (χ0) is 17.8. The molecule has 2 heterocycles. The minimum Gasteiger partial charge on any atom is -0.454 e. The molecule has 1 aliphatic rings. The van der Waals surface area contributed by atoms with Crippen molar-refractivity contribution < 1.29 is 14.3 Å². The summed E-state index contributed by atoms with van der Waals surface area (Å²) < 4.78 is 12.3. The molecule has 1 amide bonds. The van der Waals surface area contributed by atoms with E-state index in [1.54, 1.807) is 30.0 Å². The Bertz CT molecular complexity index is 751. The second kappa shape index (κ2) is 8.29. The zero-order valence-electron chi connectivity index (χ0n) is 14.1. The highest BCUT2D eigenvalue weighted by Crippen LogP contribution is 2.35. The maximum Gasteiger partial charge on any atom is 0.237 e. The molecule has 9 heteroatoms. The standard InChI is InChI=1S/C16H19N3O3S3/c1-9(2)7-23-15-18-19-16(25-15)24-10(3)14(20)17-11-4-5-12-13(6-11)22-8-21-12/h4-6,9-10H,7-8H2,1-3H3,(H,17,20)/t10-/m0/s1. The second-order valence-electron chi connectivity index (χ2n) is 5.86. The Morgan fingerprint density at radius 2 is 2.00 bits per heavy atom. The van der Waals surface area contributed by atoms with Gasteiger partial charge in [-0.3, -0.25) is 4.79 Å². The fourth-order valence-corrected chi connectivity index (χ4v) is 5.10. The van der Waals surface area contributed by atoms with Gasteiger partial charge in [-0.2, -0.15) is 0 Å². The van der Waals surface area contributed by atoms with Crippen molar-refractivity contribution in [1.29, 1.82) is 0 Å². The predicted octanol–water partition coefficient (Wildman–Crippen LogP) is 4.13. The van der Waals surface area contributed by atoms with Gasteiger partial charge in [0.05, 0.1) is 5.25 Å². The summed E-state index contributed by atoms with van der Waals surface area (Å²) in [6, 6.07) is 5.36. The number of fused-ring (bicyclic) bond motifs is 1. The third kappa shape index (κ3) is 5.02. The Labute approximate surface area is 159 Å². The average molecular weight is 398 g/mol. The summed E-state index contributed by atoms with van der Waals surface area (Å²) in [5, 5.41) is 11.0. The molecule has 1 aromatic carbocycles. The van der Waals surface area contributed by atoms with Crippen molar-refractivity contribution in [3.8, 4) is 11.5 Å². The maximum absolute atomic E-state index is 12.4. The Balaban J connectivity index is 1.54. The highest BCUT2D eigenvalue weighted by Gasteiger charge is 2.19. The molecular weight excluding hydrogens is 378 g/mol. The van der Waals surface area contributed by atoms with Gasteiger partial charge in [0.1, 0.15) is 0 Å². The first-order valence-corrected chi connectivity index (χ1v) is 10.5. The lowest BCUT2D eigenvalue weighted by molar-refractivity contribution is -0.115. The lowest BCUT2D eigenvalue weighted by atomic mass is 10.2. The van der Waals surface area contributed by atoms with E-state index in [1.807, 2.05) is 6.92 Å². The van der Waals surface area contributed by atoms with E-state index in [1.165, 1.54) is 23.1 Å². The van der Waals surface area contributed by atoms with Crippen molar-refractivity contribution in [2.24, 2.45) is 5.92 Å². The van der Waals surface area contributed by atoms with Crippen LogP contribution in [0.5, 0.6) is 11.5 Å². The molecule has 0 saturated heterocycles. The summed E-state index contributed by atoms with van der Waals surface area (Å²) in [7, 11) is 0. The van der Waals surface area contributed by atoms with Crippen LogP contribution in [0.4, 0.5) is 5.69 Å². The van der Waals surface area contributed by atoms with Crippen LogP contribution in [0, 0.1) is 5.92 Å². The van der Waals surface area contributed by atoms with E-state index in [2.05, 4.69) is 29.4 Å². The van der Waals surface area contributed by atoms with E-state index in [0.29, 0.717) is 23.1 Å². The number of carbonyl (C=O) groups is 1. The number of thioether (sulfide) groups is 2. The summed E-state index contributed by atoms with van der Waals surface area (Å²) in [5.41, 5.74) is 0.687. The Kier molecular flexibility index (Phi) is 6.08. The zero-order valence-corrected chi connectivity index (χ0v) is 16.6. The lowest BCUT2D eigenvalue weighted by Crippen LogP contribution is -2.22. The van der Waals surface area contributed by atoms with Crippen LogP contribution in [-0.2, 0) is 4.79 Å².